The van der Waals surface area contributed by atoms with Gasteiger partial charge >= 0.3 is 0 Å². The molecule has 2 rings (SSSR count). The number of carbonyl (C=O) groups is 2. The van der Waals surface area contributed by atoms with Gasteiger partial charge in [0.25, 0.3) is 11.7 Å². The van der Waals surface area contributed by atoms with E-state index in [4.69, 9.17) is 6.42 Å². The fourth-order valence-corrected chi connectivity index (χ4v) is 2.73. The summed E-state index contributed by atoms with van der Waals surface area (Å²) in [5.74, 6) is 1.64. The summed E-state index contributed by atoms with van der Waals surface area (Å²) in [5, 5.41) is 0. The van der Waals surface area contributed by atoms with E-state index >= 15 is 0 Å². The molecule has 0 saturated carbocycles. The molecule has 0 aromatic heterocycles. The Morgan fingerprint density at radius 3 is 2.78 bits per heavy atom. The average Bonchev–Trinajstić information content (AvgIpc) is 2.55. The molecule has 0 atom stereocenters. The van der Waals surface area contributed by atoms with E-state index in [9.17, 15) is 9.59 Å². The average molecular weight is 306 g/mol. The number of carbonyl (C=O) groups excluding carboxylic acids is 2. The number of fused-ring (bicyclic) bond motifs is 1. The van der Waals surface area contributed by atoms with Crippen LogP contribution in [0, 0.1) is 19.3 Å². The lowest BCUT2D eigenvalue weighted by Gasteiger charge is -2.17. The van der Waals surface area contributed by atoms with Crippen molar-refractivity contribution in [2.24, 2.45) is 0 Å². The van der Waals surface area contributed by atoms with Gasteiger partial charge < -0.3 is 4.90 Å². The largest absolute Gasteiger partial charge is 0.304 e. The molecule has 0 N–H and O–H groups in total. The molecule has 0 fully saturated rings. The topological polar surface area (TPSA) is 37.4 Å². The first-order valence-corrected chi connectivity index (χ1v) is 6.45. The van der Waals surface area contributed by atoms with Gasteiger partial charge in [0.15, 0.2) is 0 Å². The number of aryl methyl sites for hydroxylation is 1. The van der Waals surface area contributed by atoms with Crippen LogP contribution >= 0.6 is 15.9 Å². The number of unbranched alkanes of at least 4 members (excludes halogenated alkanes) is 1. The van der Waals surface area contributed by atoms with Crippen molar-refractivity contribution in [2.75, 3.05) is 11.4 Å². The number of nitrogens with zero attached hydrogens (tertiary/aromatic N) is 1. The maximum Gasteiger partial charge on any atom is 0.299 e. The molecule has 1 aromatic carbocycles. The van der Waals surface area contributed by atoms with E-state index in [0.717, 1.165) is 15.7 Å². The zero-order chi connectivity index (χ0) is 13.3. The van der Waals surface area contributed by atoms with Gasteiger partial charge in [-0.15, -0.1) is 12.3 Å². The Labute approximate surface area is 114 Å². The fraction of sp³-hybridized carbons (Fsp3) is 0.286. The number of benzene rings is 1. The normalized spacial score (nSPS) is 13.7. The highest BCUT2D eigenvalue weighted by Crippen LogP contribution is 2.35. The molecule has 0 unspecified atom stereocenters. The maximum atomic E-state index is 11.9. The smallest absolute Gasteiger partial charge is 0.299 e. The van der Waals surface area contributed by atoms with E-state index in [1.165, 1.54) is 4.90 Å². The number of Topliss-reactive ketones (excluding diaryl/α,β-unsaturated/α-hetero) is 1. The van der Waals surface area contributed by atoms with Crippen LogP contribution < -0.4 is 4.90 Å². The number of hydrogen-bond donors (Lipinski definition) is 0. The van der Waals surface area contributed by atoms with Gasteiger partial charge in [0.2, 0.25) is 0 Å². The Kier molecular flexibility index (Phi) is 3.53. The monoisotopic (exact) mass is 305 g/mol. The Bertz CT molecular complexity index is 572. The van der Waals surface area contributed by atoms with Crippen molar-refractivity contribution in [3.63, 3.8) is 0 Å². The van der Waals surface area contributed by atoms with Crippen LogP contribution in [0.4, 0.5) is 5.69 Å². The zero-order valence-corrected chi connectivity index (χ0v) is 11.6. The van der Waals surface area contributed by atoms with E-state index in [-0.39, 0.29) is 0 Å². The molecule has 0 radical (unpaired) electrons. The highest BCUT2D eigenvalue weighted by atomic mass is 79.9. The third kappa shape index (κ3) is 2.06. The van der Waals surface area contributed by atoms with E-state index in [1.54, 1.807) is 6.07 Å². The Balaban J connectivity index is 2.39. The van der Waals surface area contributed by atoms with E-state index in [2.05, 4.69) is 21.9 Å². The number of amides is 1. The minimum atomic E-state index is -0.455. The van der Waals surface area contributed by atoms with Crippen LogP contribution in [0.3, 0.4) is 0 Å². The number of ketones is 1. The van der Waals surface area contributed by atoms with Gasteiger partial charge in [0, 0.05) is 17.4 Å². The van der Waals surface area contributed by atoms with Crippen molar-refractivity contribution >= 4 is 33.3 Å². The molecule has 18 heavy (non-hydrogen) atoms. The standard InChI is InChI=1S/C14H12BrNO2/c1-3-4-5-6-16-12-9(2)7-10(15)8-11(12)13(17)14(16)18/h1,7-8H,4-6H2,2H3. The number of anilines is 1. The summed E-state index contributed by atoms with van der Waals surface area (Å²) in [6, 6.07) is 3.60. The lowest BCUT2D eigenvalue weighted by Crippen LogP contribution is -2.30. The first-order chi connectivity index (χ1) is 8.56. The molecular formula is C14H12BrNO2. The van der Waals surface area contributed by atoms with Crippen LogP contribution in [0.25, 0.3) is 0 Å². The van der Waals surface area contributed by atoms with E-state index in [1.807, 2.05) is 13.0 Å². The van der Waals surface area contributed by atoms with Gasteiger partial charge in [0.1, 0.15) is 0 Å². The van der Waals surface area contributed by atoms with Gasteiger partial charge in [-0.1, -0.05) is 15.9 Å². The zero-order valence-electron chi connectivity index (χ0n) is 10.00. The first-order valence-electron chi connectivity index (χ1n) is 5.66. The SMILES string of the molecule is C#CCCCN1C(=O)C(=O)c2cc(Br)cc(C)c21. The molecule has 3 nitrogen and oxygen atoms in total. The molecule has 0 aliphatic carbocycles. The molecule has 0 spiro atoms. The predicted molar refractivity (Wildman–Crippen MR) is 73.6 cm³/mol. The van der Waals surface area contributed by atoms with Gasteiger partial charge in [-0.2, -0.15) is 0 Å². The summed E-state index contributed by atoms with van der Waals surface area (Å²) in [6.45, 7) is 2.38. The second-order valence-corrected chi connectivity index (χ2v) is 5.13. The van der Waals surface area contributed by atoms with Crippen molar-refractivity contribution in [1.82, 2.24) is 0 Å². The molecule has 0 bridgehead atoms. The van der Waals surface area contributed by atoms with Crippen LogP contribution in [-0.2, 0) is 4.79 Å². The van der Waals surface area contributed by atoms with Gasteiger partial charge in [0.05, 0.1) is 11.3 Å². The summed E-state index contributed by atoms with van der Waals surface area (Å²) in [7, 11) is 0. The van der Waals surface area contributed by atoms with Crippen LogP contribution in [0.5, 0.6) is 0 Å². The van der Waals surface area contributed by atoms with Crippen molar-refractivity contribution in [3.05, 3.63) is 27.7 Å². The van der Waals surface area contributed by atoms with Crippen LogP contribution in [0.1, 0.15) is 28.8 Å². The van der Waals surface area contributed by atoms with Gasteiger partial charge in [-0.05, 0) is 31.0 Å². The lowest BCUT2D eigenvalue weighted by atomic mass is 10.1. The quantitative estimate of drug-likeness (QED) is 0.489. The van der Waals surface area contributed by atoms with Gasteiger partial charge in [-0.3, -0.25) is 9.59 Å². The number of terminal acetylenes is 1. The lowest BCUT2D eigenvalue weighted by molar-refractivity contribution is -0.114. The highest BCUT2D eigenvalue weighted by molar-refractivity contribution is 9.10. The summed E-state index contributed by atoms with van der Waals surface area (Å²) >= 11 is 3.34. The van der Waals surface area contributed by atoms with Crippen LogP contribution in [-0.4, -0.2) is 18.2 Å². The second kappa shape index (κ2) is 4.95. The predicted octanol–water partition coefficient (Wildman–Crippen LogP) is 2.70. The van der Waals surface area contributed by atoms with E-state index < -0.39 is 11.7 Å². The molecule has 1 aromatic rings. The Morgan fingerprint density at radius 1 is 1.39 bits per heavy atom. The fourth-order valence-electron chi connectivity index (χ4n) is 2.16. The third-order valence-corrected chi connectivity index (χ3v) is 3.38. The second-order valence-electron chi connectivity index (χ2n) is 4.21. The molecular weight excluding hydrogens is 294 g/mol. The molecule has 1 aliphatic heterocycles. The minimum absolute atomic E-state index is 0.435. The summed E-state index contributed by atoms with van der Waals surface area (Å²) in [4.78, 5) is 25.4. The summed E-state index contributed by atoms with van der Waals surface area (Å²) < 4.78 is 0.811. The van der Waals surface area contributed by atoms with Crippen molar-refractivity contribution in [1.29, 1.82) is 0 Å². The molecule has 92 valence electrons. The van der Waals surface area contributed by atoms with Gasteiger partial charge in [-0.25, -0.2) is 0 Å². The Hall–Kier alpha value is -1.60. The van der Waals surface area contributed by atoms with Crippen LogP contribution in [0.2, 0.25) is 0 Å². The maximum absolute atomic E-state index is 11.9. The minimum Gasteiger partial charge on any atom is -0.304 e. The summed E-state index contributed by atoms with van der Waals surface area (Å²) in [5.41, 5.74) is 2.12. The summed E-state index contributed by atoms with van der Waals surface area (Å²) in [6.07, 6.45) is 6.49. The van der Waals surface area contributed by atoms with E-state index in [0.29, 0.717) is 24.9 Å². The molecule has 1 aliphatic rings. The number of rotatable bonds is 3. The number of hydrogen-bond acceptors (Lipinski definition) is 2. The highest BCUT2D eigenvalue weighted by Gasteiger charge is 2.36. The first kappa shape index (κ1) is 12.8. The van der Waals surface area contributed by atoms with Crippen LogP contribution in [0.15, 0.2) is 16.6 Å². The molecule has 1 amide bonds. The van der Waals surface area contributed by atoms with Crippen molar-refractivity contribution < 1.29 is 9.59 Å². The number of halogens is 1. The Morgan fingerprint density at radius 2 is 2.11 bits per heavy atom. The molecule has 4 heteroatoms. The van der Waals surface area contributed by atoms with Crippen molar-refractivity contribution in [3.8, 4) is 12.3 Å². The third-order valence-electron chi connectivity index (χ3n) is 2.92. The molecule has 0 saturated heterocycles. The van der Waals surface area contributed by atoms with Crippen molar-refractivity contribution in [2.45, 2.75) is 19.8 Å². The molecule has 1 heterocycles.